The highest BCUT2D eigenvalue weighted by Gasteiger charge is 2.15. The third-order valence-electron chi connectivity index (χ3n) is 3.72. The number of amides is 1. The van der Waals surface area contributed by atoms with Crippen molar-refractivity contribution in [2.24, 2.45) is 0 Å². The summed E-state index contributed by atoms with van der Waals surface area (Å²) in [6, 6.07) is 14.3. The molecule has 2 rings (SSSR count). The summed E-state index contributed by atoms with van der Waals surface area (Å²) in [6.45, 7) is 2.57. The zero-order valence-electron chi connectivity index (χ0n) is 14.2. The summed E-state index contributed by atoms with van der Waals surface area (Å²) in [5, 5.41) is 0. The largest absolute Gasteiger partial charge is 0.341 e. The van der Waals surface area contributed by atoms with Crippen LogP contribution in [0.3, 0.4) is 0 Å². The molecule has 0 aliphatic rings. The van der Waals surface area contributed by atoms with Gasteiger partial charge in [0.25, 0.3) is 0 Å². The van der Waals surface area contributed by atoms with Crippen LogP contribution in [0.5, 0.6) is 0 Å². The molecule has 0 aliphatic heterocycles. The molecule has 5 nitrogen and oxygen atoms in total. The fourth-order valence-corrected chi connectivity index (χ4v) is 3.53. The van der Waals surface area contributed by atoms with E-state index in [1.165, 1.54) is 17.7 Å². The van der Waals surface area contributed by atoms with Gasteiger partial charge in [-0.3, -0.25) is 4.79 Å². The summed E-state index contributed by atoms with van der Waals surface area (Å²) in [6.07, 6.45) is 0.109. The molecule has 0 saturated heterocycles. The fourth-order valence-electron chi connectivity index (χ4n) is 2.24. The number of hydrogen-bond donors (Lipinski definition) is 1. The molecule has 25 heavy (non-hydrogen) atoms. The van der Waals surface area contributed by atoms with Crippen molar-refractivity contribution in [3.05, 3.63) is 64.1 Å². The van der Waals surface area contributed by atoms with Crippen LogP contribution in [-0.4, -0.2) is 32.8 Å². The summed E-state index contributed by atoms with van der Waals surface area (Å²) in [5.41, 5.74) is 2.21. The van der Waals surface area contributed by atoms with E-state index in [2.05, 4.69) is 20.7 Å². The van der Waals surface area contributed by atoms with Crippen LogP contribution in [0.4, 0.5) is 0 Å². The van der Waals surface area contributed by atoms with Crippen molar-refractivity contribution in [3.8, 4) is 0 Å². The van der Waals surface area contributed by atoms with E-state index in [9.17, 15) is 13.2 Å². The number of carbonyl (C=O) groups is 1. The topological polar surface area (TPSA) is 66.5 Å². The second-order valence-corrected chi connectivity index (χ2v) is 8.52. The molecule has 134 valence electrons. The number of nitrogens with zero attached hydrogens (tertiary/aromatic N) is 1. The van der Waals surface area contributed by atoms with Gasteiger partial charge in [-0.15, -0.1) is 0 Å². The van der Waals surface area contributed by atoms with Crippen molar-refractivity contribution in [1.82, 2.24) is 9.62 Å². The lowest BCUT2D eigenvalue weighted by Gasteiger charge is -2.17. The summed E-state index contributed by atoms with van der Waals surface area (Å²) >= 11 is 3.27. The lowest BCUT2D eigenvalue weighted by Crippen LogP contribution is -2.31. The Labute approximate surface area is 157 Å². The maximum atomic E-state index is 12.2. The van der Waals surface area contributed by atoms with E-state index >= 15 is 0 Å². The molecule has 7 heteroatoms. The van der Waals surface area contributed by atoms with Gasteiger partial charge in [0.05, 0.1) is 4.90 Å². The molecule has 0 bridgehead atoms. The van der Waals surface area contributed by atoms with Gasteiger partial charge in [-0.1, -0.05) is 45.8 Å². The number of rotatable bonds is 7. The van der Waals surface area contributed by atoms with E-state index in [4.69, 9.17) is 0 Å². The molecule has 0 aromatic heterocycles. The predicted molar refractivity (Wildman–Crippen MR) is 102 cm³/mol. The van der Waals surface area contributed by atoms with Crippen LogP contribution >= 0.6 is 15.9 Å². The zero-order chi connectivity index (χ0) is 18.4. The quantitative estimate of drug-likeness (QED) is 0.742. The van der Waals surface area contributed by atoms with Gasteiger partial charge < -0.3 is 4.90 Å². The molecule has 0 unspecified atom stereocenters. The Bertz CT molecular complexity index is 818. The van der Waals surface area contributed by atoms with E-state index < -0.39 is 10.0 Å². The Kier molecular flexibility index (Phi) is 6.75. The summed E-state index contributed by atoms with van der Waals surface area (Å²) in [4.78, 5) is 13.9. The van der Waals surface area contributed by atoms with Crippen LogP contribution in [0.2, 0.25) is 0 Å². The summed E-state index contributed by atoms with van der Waals surface area (Å²) in [5.74, 6) is -0.112. The van der Waals surface area contributed by atoms with Crippen molar-refractivity contribution in [3.63, 3.8) is 0 Å². The van der Waals surface area contributed by atoms with Gasteiger partial charge in [0.2, 0.25) is 15.9 Å². The van der Waals surface area contributed by atoms with Crippen LogP contribution in [0, 0.1) is 6.92 Å². The number of aryl methyl sites for hydroxylation is 1. The van der Waals surface area contributed by atoms with Gasteiger partial charge in [-0.25, -0.2) is 13.1 Å². The highest BCUT2D eigenvalue weighted by atomic mass is 79.9. The standard InChI is InChI=1S/C18H21BrN2O3S/c1-14-3-5-15(6-4-14)13-21(2)18(22)11-12-20-25(23,24)17-9-7-16(19)8-10-17/h3-10,20H,11-13H2,1-2H3. The first-order valence-corrected chi connectivity index (χ1v) is 10.1. The van der Waals surface area contributed by atoms with Crippen LogP contribution in [0.1, 0.15) is 17.5 Å². The van der Waals surface area contributed by atoms with Gasteiger partial charge in [0.15, 0.2) is 0 Å². The number of carbonyl (C=O) groups excluding carboxylic acids is 1. The number of nitrogens with one attached hydrogen (secondary N) is 1. The molecule has 0 radical (unpaired) electrons. The van der Waals surface area contributed by atoms with Crippen molar-refractivity contribution in [1.29, 1.82) is 0 Å². The number of benzene rings is 2. The van der Waals surface area contributed by atoms with Crippen molar-refractivity contribution in [2.45, 2.75) is 24.8 Å². The van der Waals surface area contributed by atoms with Gasteiger partial charge in [-0.2, -0.15) is 0 Å². The molecule has 2 aromatic rings. The molecular weight excluding hydrogens is 404 g/mol. The van der Waals surface area contributed by atoms with Crippen LogP contribution < -0.4 is 4.72 Å². The third-order valence-corrected chi connectivity index (χ3v) is 5.73. The monoisotopic (exact) mass is 424 g/mol. The smallest absolute Gasteiger partial charge is 0.240 e. The van der Waals surface area contributed by atoms with E-state index in [1.54, 1.807) is 24.1 Å². The fraction of sp³-hybridized carbons (Fsp3) is 0.278. The second-order valence-electron chi connectivity index (χ2n) is 5.84. The molecule has 0 saturated carbocycles. The number of halogens is 1. The van der Waals surface area contributed by atoms with Crippen LogP contribution in [0.15, 0.2) is 57.9 Å². The van der Waals surface area contributed by atoms with Gasteiger partial charge in [-0.05, 0) is 36.8 Å². The summed E-state index contributed by atoms with van der Waals surface area (Å²) in [7, 11) is -1.89. The maximum absolute atomic E-state index is 12.2. The minimum absolute atomic E-state index is 0.0649. The highest BCUT2D eigenvalue weighted by molar-refractivity contribution is 9.10. The molecule has 0 spiro atoms. The Balaban J connectivity index is 1.84. The molecule has 2 aromatic carbocycles. The molecule has 0 heterocycles. The van der Waals surface area contributed by atoms with Crippen LogP contribution in [0.25, 0.3) is 0 Å². The SMILES string of the molecule is Cc1ccc(CN(C)C(=O)CCNS(=O)(=O)c2ccc(Br)cc2)cc1. The lowest BCUT2D eigenvalue weighted by atomic mass is 10.1. The van der Waals surface area contributed by atoms with Crippen molar-refractivity contribution in [2.75, 3.05) is 13.6 Å². The average molecular weight is 425 g/mol. The van der Waals surface area contributed by atoms with Gasteiger partial charge in [0.1, 0.15) is 0 Å². The predicted octanol–water partition coefficient (Wildman–Crippen LogP) is 3.08. The van der Waals surface area contributed by atoms with E-state index in [0.717, 1.165) is 10.0 Å². The molecule has 0 fully saturated rings. The Morgan fingerprint density at radius 3 is 2.28 bits per heavy atom. The van der Waals surface area contributed by atoms with Gasteiger partial charge in [0, 0.05) is 31.0 Å². The first-order chi connectivity index (χ1) is 11.8. The molecule has 0 aliphatic carbocycles. The molecular formula is C18H21BrN2O3S. The van der Waals surface area contributed by atoms with E-state index in [1.807, 2.05) is 31.2 Å². The van der Waals surface area contributed by atoms with Crippen molar-refractivity contribution >= 4 is 31.9 Å². The Hall–Kier alpha value is -1.70. The Morgan fingerprint density at radius 1 is 1.08 bits per heavy atom. The summed E-state index contributed by atoms with van der Waals surface area (Å²) < 4.78 is 27.6. The zero-order valence-corrected chi connectivity index (χ0v) is 16.6. The van der Waals surface area contributed by atoms with Gasteiger partial charge >= 0.3 is 0 Å². The Morgan fingerprint density at radius 2 is 1.68 bits per heavy atom. The average Bonchev–Trinajstić information content (AvgIpc) is 2.57. The maximum Gasteiger partial charge on any atom is 0.240 e. The molecule has 0 atom stereocenters. The molecule has 1 amide bonds. The minimum Gasteiger partial charge on any atom is -0.341 e. The number of sulfonamides is 1. The van der Waals surface area contributed by atoms with Crippen molar-refractivity contribution < 1.29 is 13.2 Å². The van der Waals surface area contributed by atoms with E-state index in [0.29, 0.717) is 6.54 Å². The first-order valence-electron chi connectivity index (χ1n) is 7.83. The normalized spacial score (nSPS) is 11.3. The van der Waals surface area contributed by atoms with Crippen LogP contribution in [-0.2, 0) is 21.4 Å². The number of hydrogen-bond acceptors (Lipinski definition) is 3. The highest BCUT2D eigenvalue weighted by Crippen LogP contribution is 2.14. The lowest BCUT2D eigenvalue weighted by molar-refractivity contribution is -0.130. The third kappa shape index (κ3) is 5.95. The first kappa shape index (κ1) is 19.6. The second kappa shape index (κ2) is 8.60. The van der Waals surface area contributed by atoms with E-state index in [-0.39, 0.29) is 23.8 Å². The minimum atomic E-state index is -3.60. The molecule has 1 N–H and O–H groups in total.